The van der Waals surface area contributed by atoms with E-state index in [4.69, 9.17) is 9.47 Å². The van der Waals surface area contributed by atoms with Gasteiger partial charge in [0.05, 0.1) is 16.8 Å². The molecule has 7 heteroatoms. The van der Waals surface area contributed by atoms with Gasteiger partial charge in [-0.05, 0) is 107 Å². The number of ether oxygens (including phenoxy) is 2. The van der Waals surface area contributed by atoms with Crippen LogP contribution in [0.2, 0.25) is 0 Å². The molecule has 0 bridgehead atoms. The van der Waals surface area contributed by atoms with Gasteiger partial charge in [-0.15, -0.1) is 0 Å². The van der Waals surface area contributed by atoms with Gasteiger partial charge in [0.25, 0.3) is 5.91 Å². The summed E-state index contributed by atoms with van der Waals surface area (Å²) in [7, 11) is 0. The van der Waals surface area contributed by atoms with Gasteiger partial charge in [0.15, 0.2) is 11.5 Å². The monoisotopic (exact) mass is 588 g/mol. The van der Waals surface area contributed by atoms with Gasteiger partial charge in [-0.3, -0.25) is 4.79 Å². The normalized spacial score (nSPS) is 10.9. The first-order valence-electron chi connectivity index (χ1n) is 8.26. The molecule has 1 N–H and O–H groups in total. The van der Waals surface area contributed by atoms with Gasteiger partial charge in [0.2, 0.25) is 0 Å². The lowest BCUT2D eigenvalue weighted by Gasteiger charge is -2.13. The molecule has 2 rings (SSSR count). The number of amides is 1. The van der Waals surface area contributed by atoms with Gasteiger partial charge in [-0.25, -0.2) is 0 Å². The Morgan fingerprint density at radius 2 is 1.81 bits per heavy atom. The fraction of sp³-hybridized carbons (Fsp3) is 0.200. The quantitative estimate of drug-likeness (QED) is 0.273. The summed E-state index contributed by atoms with van der Waals surface area (Å²) in [5, 5.41) is 12.2. The summed E-state index contributed by atoms with van der Waals surface area (Å²) in [6.45, 7) is 4.80. The van der Waals surface area contributed by atoms with Crippen molar-refractivity contribution in [3.8, 4) is 17.6 Å². The van der Waals surface area contributed by atoms with Crippen molar-refractivity contribution in [2.45, 2.75) is 13.8 Å². The second-order valence-corrected chi connectivity index (χ2v) is 7.73. The van der Waals surface area contributed by atoms with Crippen LogP contribution < -0.4 is 14.8 Å². The molecule has 140 valence electrons. The van der Waals surface area contributed by atoms with Crippen molar-refractivity contribution in [1.29, 1.82) is 5.26 Å². The molecule has 2 aromatic carbocycles. The van der Waals surface area contributed by atoms with Gasteiger partial charge >= 0.3 is 0 Å². The molecule has 27 heavy (non-hydrogen) atoms. The van der Waals surface area contributed by atoms with E-state index in [-0.39, 0.29) is 5.57 Å². The lowest BCUT2D eigenvalue weighted by molar-refractivity contribution is -0.112. The van der Waals surface area contributed by atoms with Crippen LogP contribution in [-0.4, -0.2) is 19.1 Å². The Hall–Kier alpha value is -1.80. The summed E-state index contributed by atoms with van der Waals surface area (Å²) in [6.07, 6.45) is 1.54. The third-order valence-electron chi connectivity index (χ3n) is 3.40. The third-order valence-corrected chi connectivity index (χ3v) is 4.92. The molecular formula is C20H18I2N2O3. The molecule has 1 amide bonds. The fourth-order valence-electron chi connectivity index (χ4n) is 2.27. The summed E-state index contributed by atoms with van der Waals surface area (Å²) in [6, 6.07) is 12.9. The summed E-state index contributed by atoms with van der Waals surface area (Å²) < 4.78 is 13.2. The maximum atomic E-state index is 12.4. The molecule has 0 heterocycles. The Kier molecular flexibility index (Phi) is 8.37. The molecule has 0 unspecified atom stereocenters. The highest BCUT2D eigenvalue weighted by atomic mass is 127. The standard InChI is InChI=1S/C20H18I2N2O3/c1-3-26-18-11-13(10-17(22)19(18)27-4-2)9-14(12-23)20(25)24-16-7-5-15(21)6-8-16/h5-11H,3-4H2,1-2H3,(H,24,25)/b14-9-. The summed E-state index contributed by atoms with van der Waals surface area (Å²) >= 11 is 4.34. The minimum Gasteiger partial charge on any atom is -0.490 e. The molecule has 0 saturated heterocycles. The molecule has 0 aromatic heterocycles. The molecule has 5 nitrogen and oxygen atoms in total. The number of hydrogen-bond acceptors (Lipinski definition) is 4. The molecule has 0 spiro atoms. The van der Waals surface area contributed by atoms with Crippen molar-refractivity contribution >= 4 is 62.9 Å². The smallest absolute Gasteiger partial charge is 0.266 e. The van der Waals surface area contributed by atoms with Crippen LogP contribution >= 0.6 is 45.2 Å². The number of nitrogens with one attached hydrogen (secondary N) is 1. The molecule has 0 radical (unpaired) electrons. The van der Waals surface area contributed by atoms with Crippen molar-refractivity contribution in [3.05, 3.63) is 54.7 Å². The van der Waals surface area contributed by atoms with Crippen LogP contribution in [0.25, 0.3) is 6.08 Å². The van der Waals surface area contributed by atoms with Crippen LogP contribution in [0.4, 0.5) is 5.69 Å². The fourth-order valence-corrected chi connectivity index (χ4v) is 3.41. The largest absolute Gasteiger partial charge is 0.490 e. The van der Waals surface area contributed by atoms with E-state index >= 15 is 0 Å². The van der Waals surface area contributed by atoms with Crippen molar-refractivity contribution in [2.75, 3.05) is 18.5 Å². The maximum Gasteiger partial charge on any atom is 0.266 e. The molecule has 2 aromatic rings. The van der Waals surface area contributed by atoms with E-state index < -0.39 is 5.91 Å². The zero-order valence-electron chi connectivity index (χ0n) is 14.9. The number of anilines is 1. The van der Waals surface area contributed by atoms with Crippen LogP contribution in [0.3, 0.4) is 0 Å². The van der Waals surface area contributed by atoms with E-state index in [1.807, 2.05) is 38.1 Å². The Bertz CT molecular complexity index is 887. The Morgan fingerprint density at radius 1 is 1.15 bits per heavy atom. The van der Waals surface area contributed by atoms with Crippen molar-refractivity contribution < 1.29 is 14.3 Å². The number of benzene rings is 2. The first-order chi connectivity index (χ1) is 13.0. The average Bonchev–Trinajstić information content (AvgIpc) is 2.64. The van der Waals surface area contributed by atoms with Gasteiger partial charge in [0, 0.05) is 9.26 Å². The summed E-state index contributed by atoms with van der Waals surface area (Å²) in [5.74, 6) is 0.798. The average molecular weight is 588 g/mol. The summed E-state index contributed by atoms with van der Waals surface area (Å²) in [4.78, 5) is 12.4. The molecule has 0 saturated carbocycles. The Balaban J connectivity index is 2.31. The lowest BCUT2D eigenvalue weighted by atomic mass is 10.1. The SMILES string of the molecule is CCOc1cc(/C=C(/C#N)C(=O)Nc2ccc(I)cc2)cc(I)c1OCC. The van der Waals surface area contributed by atoms with Gasteiger partial charge in [0.1, 0.15) is 11.6 Å². The van der Waals surface area contributed by atoms with Crippen LogP contribution in [0.1, 0.15) is 19.4 Å². The number of halogens is 2. The number of nitriles is 1. The first-order valence-corrected chi connectivity index (χ1v) is 10.4. The minimum atomic E-state index is -0.458. The van der Waals surface area contributed by atoms with E-state index in [9.17, 15) is 10.1 Å². The van der Waals surface area contributed by atoms with E-state index in [2.05, 4.69) is 50.5 Å². The zero-order chi connectivity index (χ0) is 19.8. The number of nitrogens with zero attached hydrogens (tertiary/aromatic N) is 1. The first kappa shape index (κ1) is 21.5. The van der Waals surface area contributed by atoms with Crippen molar-refractivity contribution in [3.63, 3.8) is 0 Å². The Morgan fingerprint density at radius 3 is 2.41 bits per heavy atom. The van der Waals surface area contributed by atoms with Crippen LogP contribution in [0.15, 0.2) is 42.0 Å². The van der Waals surface area contributed by atoms with Crippen LogP contribution in [-0.2, 0) is 4.79 Å². The third kappa shape index (κ3) is 6.10. The van der Waals surface area contributed by atoms with Gasteiger partial charge < -0.3 is 14.8 Å². The second-order valence-electron chi connectivity index (χ2n) is 5.33. The predicted molar refractivity (Wildman–Crippen MR) is 123 cm³/mol. The van der Waals surface area contributed by atoms with Crippen molar-refractivity contribution in [2.24, 2.45) is 0 Å². The molecule has 0 aliphatic rings. The van der Waals surface area contributed by atoms with Crippen LogP contribution in [0.5, 0.6) is 11.5 Å². The maximum absolute atomic E-state index is 12.4. The molecule has 0 fully saturated rings. The Labute approximate surface area is 186 Å². The molecule has 0 aliphatic carbocycles. The molecular weight excluding hydrogens is 570 g/mol. The number of carbonyl (C=O) groups excluding carboxylic acids is 1. The van der Waals surface area contributed by atoms with Gasteiger partial charge in [-0.1, -0.05) is 0 Å². The highest BCUT2D eigenvalue weighted by molar-refractivity contribution is 14.1. The van der Waals surface area contributed by atoms with Crippen LogP contribution in [0, 0.1) is 18.5 Å². The van der Waals surface area contributed by atoms with E-state index in [0.717, 1.165) is 7.14 Å². The van der Waals surface area contributed by atoms with Crippen molar-refractivity contribution in [1.82, 2.24) is 0 Å². The number of carbonyl (C=O) groups is 1. The zero-order valence-corrected chi connectivity index (χ0v) is 19.2. The van der Waals surface area contributed by atoms with E-state index in [0.29, 0.717) is 36.0 Å². The number of rotatable bonds is 7. The van der Waals surface area contributed by atoms with Gasteiger partial charge in [-0.2, -0.15) is 5.26 Å². The van der Waals surface area contributed by atoms with E-state index in [1.54, 1.807) is 24.3 Å². The highest BCUT2D eigenvalue weighted by Crippen LogP contribution is 2.35. The van der Waals surface area contributed by atoms with E-state index in [1.165, 1.54) is 0 Å². The molecule has 0 atom stereocenters. The number of hydrogen-bond donors (Lipinski definition) is 1. The second kappa shape index (κ2) is 10.5. The summed E-state index contributed by atoms with van der Waals surface area (Å²) in [5.41, 5.74) is 1.34. The topological polar surface area (TPSA) is 71.3 Å². The predicted octanol–water partition coefficient (Wildman–Crippen LogP) is 5.24. The lowest BCUT2D eigenvalue weighted by Crippen LogP contribution is -2.13. The minimum absolute atomic E-state index is 0.0101. The molecule has 0 aliphatic heterocycles. The highest BCUT2D eigenvalue weighted by Gasteiger charge is 2.14.